The highest BCUT2D eigenvalue weighted by Crippen LogP contribution is 2.36. The average Bonchev–Trinajstić information content (AvgIpc) is 3.56. The number of aryl methyl sites for hydroxylation is 1. The second kappa shape index (κ2) is 10.2. The zero-order valence-corrected chi connectivity index (χ0v) is 22.0. The summed E-state index contributed by atoms with van der Waals surface area (Å²) < 4.78 is 28.7. The molecule has 1 aliphatic heterocycles. The number of oxime groups is 1. The zero-order chi connectivity index (χ0) is 28.7. The first-order chi connectivity index (χ1) is 19.7. The number of aliphatic carboxylic acids is 1. The van der Waals surface area contributed by atoms with E-state index in [0.717, 1.165) is 0 Å². The van der Waals surface area contributed by atoms with Crippen LogP contribution in [0, 0.1) is 11.6 Å². The number of rotatable bonds is 8. The average molecular weight is 558 g/mol. The van der Waals surface area contributed by atoms with Gasteiger partial charge in [-0.05, 0) is 74.4 Å². The fourth-order valence-corrected chi connectivity index (χ4v) is 5.05. The summed E-state index contributed by atoms with van der Waals surface area (Å²) in [6.45, 7) is 1.84. The van der Waals surface area contributed by atoms with Crippen LogP contribution < -0.4 is 5.56 Å². The maximum atomic E-state index is 13.7. The van der Waals surface area contributed by atoms with Gasteiger partial charge < -0.3 is 14.9 Å². The number of carboxylic acids is 1. The summed E-state index contributed by atoms with van der Waals surface area (Å²) in [6.07, 6.45) is 1.67. The van der Waals surface area contributed by atoms with Gasteiger partial charge >= 0.3 is 5.97 Å². The number of H-pyrrole nitrogens is 1. The molecule has 0 saturated heterocycles. The molecule has 2 aromatic heterocycles. The number of fused-ring (bicyclic) bond motifs is 2. The molecule has 3 aromatic carbocycles. The van der Waals surface area contributed by atoms with Crippen molar-refractivity contribution < 1.29 is 23.5 Å². The van der Waals surface area contributed by atoms with Crippen molar-refractivity contribution in [2.24, 2.45) is 5.16 Å². The molecule has 0 radical (unpaired) electrons. The maximum absolute atomic E-state index is 13.7. The van der Waals surface area contributed by atoms with Gasteiger partial charge in [0, 0.05) is 24.8 Å². The van der Waals surface area contributed by atoms with E-state index < -0.39 is 17.4 Å². The molecule has 0 bridgehead atoms. The van der Waals surface area contributed by atoms with Crippen LogP contribution in [0.3, 0.4) is 0 Å². The number of halogens is 2. The molecule has 1 atom stereocenters. The molecule has 2 N–H and O–H groups in total. The molecule has 6 rings (SSSR count). The van der Waals surface area contributed by atoms with Crippen LogP contribution in [0.25, 0.3) is 27.6 Å². The molecule has 0 aliphatic carbocycles. The fraction of sp³-hybridized carbons (Fsp3) is 0.233. The van der Waals surface area contributed by atoms with Gasteiger partial charge in [0.15, 0.2) is 11.4 Å². The first kappa shape index (κ1) is 26.3. The van der Waals surface area contributed by atoms with E-state index in [1.54, 1.807) is 24.3 Å². The molecule has 0 amide bonds. The fourth-order valence-electron chi connectivity index (χ4n) is 5.05. The van der Waals surface area contributed by atoms with Crippen molar-refractivity contribution in [3.8, 4) is 5.69 Å². The van der Waals surface area contributed by atoms with E-state index in [4.69, 9.17) is 14.9 Å². The van der Waals surface area contributed by atoms with Gasteiger partial charge in [0.1, 0.15) is 17.5 Å². The standard InChI is InChI=1S/C30H25F2N5O4/c1-30(29-34-22-13-9-19(32)15-24(22)35-29)16-25(36-41-30)17-6-12-21-23(14-17)33-26(4-2-3-5-27(38)39)37(28(21)40)20-10-7-18(31)8-11-20/h6-15H,2-5,16H2,1H3,(H,34,35)(H,38,39)/t30-/m1/s1. The first-order valence-corrected chi connectivity index (χ1v) is 13.1. The number of imidazole rings is 1. The summed E-state index contributed by atoms with van der Waals surface area (Å²) in [4.78, 5) is 42.9. The van der Waals surface area contributed by atoms with E-state index in [1.807, 2.05) is 6.92 Å². The number of hydrogen-bond acceptors (Lipinski definition) is 6. The number of aromatic nitrogens is 4. The third kappa shape index (κ3) is 5.06. The lowest BCUT2D eigenvalue weighted by Crippen LogP contribution is -2.25. The van der Waals surface area contributed by atoms with Crippen molar-refractivity contribution in [1.29, 1.82) is 0 Å². The highest BCUT2D eigenvalue weighted by Gasteiger charge is 2.39. The molecule has 5 aromatic rings. The lowest BCUT2D eigenvalue weighted by Gasteiger charge is -2.18. The Morgan fingerprint density at radius 1 is 1.02 bits per heavy atom. The number of nitrogens with one attached hydrogen (secondary N) is 1. The largest absolute Gasteiger partial charge is 0.481 e. The minimum Gasteiger partial charge on any atom is -0.481 e. The topological polar surface area (TPSA) is 122 Å². The molecule has 208 valence electrons. The SMILES string of the molecule is C[C@]1(c2nc3ccc(F)cc3[nH]2)CC(c2ccc3c(=O)n(-c4ccc(F)cc4)c(CCCCC(=O)O)nc3c2)=NO1. The van der Waals surface area contributed by atoms with Crippen LogP contribution in [-0.4, -0.2) is 36.3 Å². The van der Waals surface area contributed by atoms with Crippen LogP contribution in [-0.2, 0) is 21.7 Å². The van der Waals surface area contributed by atoms with Gasteiger partial charge in [0.2, 0.25) is 0 Å². The third-order valence-electron chi connectivity index (χ3n) is 7.20. The van der Waals surface area contributed by atoms with Crippen LogP contribution in [0.15, 0.2) is 70.6 Å². The third-order valence-corrected chi connectivity index (χ3v) is 7.20. The highest BCUT2D eigenvalue weighted by molar-refractivity contribution is 6.04. The molecular formula is C30H25F2N5O4. The molecule has 0 unspecified atom stereocenters. The van der Waals surface area contributed by atoms with Gasteiger partial charge in [0.25, 0.3) is 5.56 Å². The van der Waals surface area contributed by atoms with Crippen LogP contribution in [0.1, 0.15) is 49.8 Å². The van der Waals surface area contributed by atoms with Crippen molar-refractivity contribution in [2.75, 3.05) is 0 Å². The number of hydrogen-bond donors (Lipinski definition) is 2. The zero-order valence-electron chi connectivity index (χ0n) is 22.0. The summed E-state index contributed by atoms with van der Waals surface area (Å²) >= 11 is 0. The van der Waals surface area contributed by atoms with Crippen molar-refractivity contribution >= 4 is 33.6 Å². The van der Waals surface area contributed by atoms with E-state index in [9.17, 15) is 18.4 Å². The van der Waals surface area contributed by atoms with Crippen LogP contribution in [0.4, 0.5) is 8.78 Å². The van der Waals surface area contributed by atoms with Crippen molar-refractivity contribution in [2.45, 2.75) is 44.6 Å². The maximum Gasteiger partial charge on any atom is 0.303 e. The van der Waals surface area contributed by atoms with Gasteiger partial charge in [-0.3, -0.25) is 14.2 Å². The van der Waals surface area contributed by atoms with Crippen molar-refractivity contribution in [1.82, 2.24) is 19.5 Å². The van der Waals surface area contributed by atoms with Gasteiger partial charge in [-0.25, -0.2) is 18.7 Å². The summed E-state index contributed by atoms with van der Waals surface area (Å²) in [5.74, 6) is -0.726. The monoisotopic (exact) mass is 557 g/mol. The molecule has 41 heavy (non-hydrogen) atoms. The van der Waals surface area contributed by atoms with E-state index in [-0.39, 0.29) is 17.8 Å². The molecule has 0 saturated carbocycles. The predicted octanol–water partition coefficient (Wildman–Crippen LogP) is 5.38. The number of carboxylic acid groups (broad SMARTS) is 1. The lowest BCUT2D eigenvalue weighted by molar-refractivity contribution is -0.137. The van der Waals surface area contributed by atoms with E-state index in [0.29, 0.717) is 76.2 Å². The minimum atomic E-state index is -0.908. The predicted molar refractivity (Wildman–Crippen MR) is 148 cm³/mol. The number of benzene rings is 3. The number of carbonyl (C=O) groups is 1. The summed E-state index contributed by atoms with van der Waals surface area (Å²) in [5.41, 5.74) is 2.22. The molecule has 0 spiro atoms. The van der Waals surface area contributed by atoms with Crippen LogP contribution in [0.2, 0.25) is 0 Å². The van der Waals surface area contributed by atoms with Gasteiger partial charge in [0.05, 0.1) is 33.3 Å². The Hall–Kier alpha value is -4.93. The Kier molecular flexibility index (Phi) is 6.56. The Morgan fingerprint density at radius 2 is 1.80 bits per heavy atom. The van der Waals surface area contributed by atoms with E-state index in [1.165, 1.54) is 41.0 Å². The molecule has 3 heterocycles. The molecule has 1 aliphatic rings. The minimum absolute atomic E-state index is 0.0112. The van der Waals surface area contributed by atoms with Crippen molar-refractivity contribution in [3.05, 3.63) is 99.9 Å². The summed E-state index contributed by atoms with van der Waals surface area (Å²) in [6, 6.07) is 15.1. The van der Waals surface area contributed by atoms with Gasteiger partial charge in [-0.1, -0.05) is 11.2 Å². The van der Waals surface area contributed by atoms with Gasteiger partial charge in [-0.15, -0.1) is 0 Å². The number of nitrogens with zero attached hydrogens (tertiary/aromatic N) is 4. The van der Waals surface area contributed by atoms with Gasteiger partial charge in [-0.2, -0.15) is 0 Å². The Morgan fingerprint density at radius 3 is 2.59 bits per heavy atom. The summed E-state index contributed by atoms with van der Waals surface area (Å²) in [5, 5.41) is 13.7. The van der Waals surface area contributed by atoms with Crippen LogP contribution >= 0.6 is 0 Å². The second-order valence-corrected chi connectivity index (χ2v) is 10.3. The quantitative estimate of drug-likeness (QED) is 0.247. The molecule has 9 nitrogen and oxygen atoms in total. The second-order valence-electron chi connectivity index (χ2n) is 10.3. The number of unbranched alkanes of at least 4 members (excludes halogenated alkanes) is 1. The van der Waals surface area contributed by atoms with E-state index in [2.05, 4.69) is 15.1 Å². The molecular weight excluding hydrogens is 532 g/mol. The number of aromatic amines is 1. The normalized spacial score (nSPS) is 16.7. The first-order valence-electron chi connectivity index (χ1n) is 13.1. The lowest BCUT2D eigenvalue weighted by atomic mass is 9.95. The van der Waals surface area contributed by atoms with Crippen LogP contribution in [0.5, 0.6) is 0 Å². The Bertz CT molecular complexity index is 1900. The smallest absolute Gasteiger partial charge is 0.303 e. The molecule has 0 fully saturated rings. The Labute approximate surface area is 232 Å². The molecule has 11 heteroatoms. The summed E-state index contributed by atoms with van der Waals surface area (Å²) in [7, 11) is 0. The highest BCUT2D eigenvalue weighted by atomic mass is 19.1. The van der Waals surface area contributed by atoms with Crippen molar-refractivity contribution in [3.63, 3.8) is 0 Å². The van der Waals surface area contributed by atoms with E-state index >= 15 is 0 Å². The Balaban J connectivity index is 1.34.